The molecular weight excluding hydrogens is 358 g/mol. The van der Waals surface area contributed by atoms with Crippen molar-refractivity contribution < 1.29 is 24.3 Å². The third-order valence-corrected chi connectivity index (χ3v) is 4.42. The molecule has 140 valence electrons. The fraction of sp³-hybridized carbons (Fsp3) is 0.312. The quantitative estimate of drug-likeness (QED) is 0.601. The molecule has 0 saturated carbocycles. The number of benzene rings is 1. The van der Waals surface area contributed by atoms with Crippen molar-refractivity contribution in [2.24, 2.45) is 5.10 Å². The third kappa shape index (κ3) is 3.25. The van der Waals surface area contributed by atoms with E-state index in [0.717, 1.165) is 0 Å². The number of carbonyl (C=O) groups excluding carboxylic acids is 1. The van der Waals surface area contributed by atoms with Crippen molar-refractivity contribution in [3.05, 3.63) is 52.3 Å². The molecule has 11 heteroatoms. The summed E-state index contributed by atoms with van der Waals surface area (Å²) in [5.41, 5.74) is 2.77. The maximum absolute atomic E-state index is 12.2. The fourth-order valence-electron chi connectivity index (χ4n) is 3.05. The topological polar surface area (TPSA) is 141 Å². The van der Waals surface area contributed by atoms with E-state index in [0.29, 0.717) is 12.1 Å². The molecule has 1 amide bonds. The molecule has 27 heavy (non-hydrogen) atoms. The number of rotatable bonds is 4. The Morgan fingerprint density at radius 2 is 2.26 bits per heavy atom. The molecule has 2 fully saturated rings. The molecule has 2 aromatic rings. The van der Waals surface area contributed by atoms with Gasteiger partial charge in [-0.1, -0.05) is 12.1 Å². The van der Waals surface area contributed by atoms with E-state index in [1.807, 2.05) is 0 Å². The lowest BCUT2D eigenvalue weighted by atomic mass is 10.0. The lowest BCUT2D eigenvalue weighted by Crippen LogP contribution is -2.38. The van der Waals surface area contributed by atoms with Crippen molar-refractivity contribution in [1.82, 2.24) is 15.2 Å². The zero-order valence-corrected chi connectivity index (χ0v) is 13.9. The summed E-state index contributed by atoms with van der Waals surface area (Å²) in [6, 6.07) is 5.75. The van der Waals surface area contributed by atoms with Crippen molar-refractivity contribution in [1.29, 1.82) is 0 Å². The number of hydrogen-bond donors (Lipinski definition) is 2. The average Bonchev–Trinajstić information content (AvgIpc) is 3.30. The molecule has 0 aliphatic carbocycles. The summed E-state index contributed by atoms with van der Waals surface area (Å²) in [6.07, 6.45) is 1.82. The summed E-state index contributed by atoms with van der Waals surface area (Å²) in [7, 11) is 0. The summed E-state index contributed by atoms with van der Waals surface area (Å²) in [6.45, 7) is 0.287. The van der Waals surface area contributed by atoms with E-state index in [4.69, 9.17) is 9.47 Å². The molecule has 11 nitrogen and oxygen atoms in total. The molecule has 2 N–H and O–H groups in total. The van der Waals surface area contributed by atoms with Crippen molar-refractivity contribution in [3.8, 4) is 5.75 Å². The monoisotopic (exact) mass is 373 g/mol. The van der Waals surface area contributed by atoms with Crippen LogP contribution in [0.25, 0.3) is 0 Å². The highest BCUT2D eigenvalue weighted by atomic mass is 16.7. The van der Waals surface area contributed by atoms with Gasteiger partial charge in [0.05, 0.1) is 28.8 Å². The van der Waals surface area contributed by atoms with Gasteiger partial charge in [0.15, 0.2) is 6.29 Å². The molecule has 2 aliphatic heterocycles. The van der Waals surface area contributed by atoms with E-state index in [9.17, 15) is 20.0 Å². The van der Waals surface area contributed by atoms with Gasteiger partial charge in [-0.2, -0.15) is 10.2 Å². The highest BCUT2D eigenvalue weighted by Crippen LogP contribution is 2.33. The number of para-hydroxylation sites is 1. The van der Waals surface area contributed by atoms with Gasteiger partial charge in [-0.15, -0.1) is 0 Å². The summed E-state index contributed by atoms with van der Waals surface area (Å²) >= 11 is 0. The van der Waals surface area contributed by atoms with Crippen molar-refractivity contribution in [3.63, 3.8) is 0 Å². The van der Waals surface area contributed by atoms with E-state index in [2.05, 4.69) is 15.6 Å². The van der Waals surface area contributed by atoms with Gasteiger partial charge in [0.2, 0.25) is 0 Å². The number of hydrazone groups is 1. The van der Waals surface area contributed by atoms with Crippen LogP contribution in [0.5, 0.6) is 5.75 Å². The van der Waals surface area contributed by atoms with Crippen molar-refractivity contribution in [2.45, 2.75) is 24.9 Å². The number of phenolic OH excluding ortho intramolecular Hbond substituents is 1. The number of nitro groups is 1. The Hall–Kier alpha value is -3.31. The molecule has 1 aromatic carbocycles. The minimum absolute atomic E-state index is 0.0862. The van der Waals surface area contributed by atoms with Crippen molar-refractivity contribution >= 4 is 17.3 Å². The molecule has 2 bridgehead atoms. The van der Waals surface area contributed by atoms with E-state index in [-0.39, 0.29) is 35.8 Å². The molecule has 3 heterocycles. The minimum Gasteiger partial charge on any atom is -0.507 e. The first-order chi connectivity index (χ1) is 13.0. The van der Waals surface area contributed by atoms with Crippen molar-refractivity contribution in [2.75, 3.05) is 6.61 Å². The number of carbonyl (C=O) groups is 1. The zero-order chi connectivity index (χ0) is 19.0. The van der Waals surface area contributed by atoms with Crippen LogP contribution in [0.2, 0.25) is 0 Å². The maximum atomic E-state index is 12.2. The van der Waals surface area contributed by atoms with Gasteiger partial charge >= 0.3 is 5.69 Å². The second kappa shape index (κ2) is 6.78. The Kier molecular flexibility index (Phi) is 4.30. The molecular formula is C16H15N5O6. The van der Waals surface area contributed by atoms with Gasteiger partial charge in [-0.3, -0.25) is 19.6 Å². The van der Waals surface area contributed by atoms with E-state index in [1.165, 1.54) is 29.2 Å². The number of nitrogens with zero attached hydrogens (tertiary/aromatic N) is 4. The van der Waals surface area contributed by atoms with Crippen LogP contribution in [0, 0.1) is 10.1 Å². The normalized spacial score (nSPS) is 25.5. The largest absolute Gasteiger partial charge is 0.507 e. The number of hydrogen-bond acceptors (Lipinski definition) is 8. The Balaban J connectivity index is 1.52. The van der Waals surface area contributed by atoms with Crippen LogP contribution in [0.4, 0.5) is 5.69 Å². The first-order valence-electron chi connectivity index (χ1n) is 8.13. The second-order valence-corrected chi connectivity index (χ2v) is 6.11. The number of aromatic hydroxyl groups is 1. The lowest BCUT2D eigenvalue weighted by molar-refractivity contribution is -0.385. The van der Waals surface area contributed by atoms with Crippen LogP contribution in [-0.2, 0) is 9.47 Å². The molecule has 2 aliphatic rings. The van der Waals surface area contributed by atoms with Gasteiger partial charge in [0.1, 0.15) is 24.2 Å². The highest BCUT2D eigenvalue weighted by molar-refractivity contribution is 5.98. The van der Waals surface area contributed by atoms with E-state index in [1.54, 1.807) is 12.1 Å². The van der Waals surface area contributed by atoms with Gasteiger partial charge in [0.25, 0.3) is 5.91 Å². The number of fused-ring (bicyclic) bond motifs is 2. The highest BCUT2D eigenvalue weighted by Gasteiger charge is 2.43. The van der Waals surface area contributed by atoms with Crippen LogP contribution in [0.1, 0.15) is 22.8 Å². The lowest BCUT2D eigenvalue weighted by Gasteiger charge is -2.28. The minimum atomic E-state index is -0.693. The van der Waals surface area contributed by atoms with Crippen LogP contribution in [-0.4, -0.2) is 50.4 Å². The summed E-state index contributed by atoms with van der Waals surface area (Å²) in [5, 5.41) is 28.7. The molecule has 1 aromatic heterocycles. The first-order valence-corrected chi connectivity index (χ1v) is 8.13. The standard InChI is InChI=1S/C16H15N5O6/c22-13-4-2-1-3-10(13)15(23)19-18-11-5-12(14-8-26-16(11)27-14)20-7-9(6-17-20)21(24)25/h1-4,6-7,12,14,16,22H,5,8H2,(H,19,23)/b18-11+/t12-,14-,16-/m1/s1. The number of phenols is 1. The van der Waals surface area contributed by atoms with Crippen LogP contribution >= 0.6 is 0 Å². The second-order valence-electron chi connectivity index (χ2n) is 6.11. The summed E-state index contributed by atoms with van der Waals surface area (Å²) in [4.78, 5) is 22.5. The van der Waals surface area contributed by atoms with Crippen LogP contribution in [0.3, 0.4) is 0 Å². The average molecular weight is 373 g/mol. The number of ether oxygens (including phenoxy) is 2. The fourth-order valence-corrected chi connectivity index (χ4v) is 3.05. The van der Waals surface area contributed by atoms with E-state index < -0.39 is 17.1 Å². The number of aromatic nitrogens is 2. The molecule has 3 atom stereocenters. The van der Waals surface area contributed by atoms with Gasteiger partial charge < -0.3 is 14.6 Å². The number of nitrogens with one attached hydrogen (secondary N) is 1. The SMILES string of the molecule is O=C(N/N=C1\C[C@@H](n2cc([N+](=O)[O-])cn2)[C@H]2CO[C@@H]1O2)c1ccccc1O. The third-order valence-electron chi connectivity index (χ3n) is 4.42. The Morgan fingerprint density at radius 3 is 3.00 bits per heavy atom. The molecule has 4 rings (SSSR count). The maximum Gasteiger partial charge on any atom is 0.307 e. The van der Waals surface area contributed by atoms with Gasteiger partial charge in [0, 0.05) is 6.42 Å². The Morgan fingerprint density at radius 1 is 1.44 bits per heavy atom. The van der Waals surface area contributed by atoms with Gasteiger partial charge in [-0.25, -0.2) is 5.43 Å². The van der Waals surface area contributed by atoms with Crippen LogP contribution < -0.4 is 5.43 Å². The molecule has 0 unspecified atom stereocenters. The Labute approximate surface area is 152 Å². The molecule has 0 spiro atoms. The Bertz CT molecular complexity index is 926. The smallest absolute Gasteiger partial charge is 0.307 e. The van der Waals surface area contributed by atoms with Crippen LogP contribution in [0.15, 0.2) is 41.8 Å². The predicted octanol–water partition coefficient (Wildman–Crippen LogP) is 0.969. The summed E-state index contributed by atoms with van der Waals surface area (Å²) < 4.78 is 12.7. The number of amides is 1. The predicted molar refractivity (Wildman–Crippen MR) is 90.2 cm³/mol. The van der Waals surface area contributed by atoms with E-state index >= 15 is 0 Å². The first kappa shape index (κ1) is 17.1. The van der Waals surface area contributed by atoms with Gasteiger partial charge in [-0.05, 0) is 12.1 Å². The summed E-state index contributed by atoms with van der Waals surface area (Å²) in [5.74, 6) is -0.735. The molecule has 0 radical (unpaired) electrons. The molecule has 2 saturated heterocycles. The zero-order valence-electron chi connectivity index (χ0n) is 13.9.